The number of hydrogen-bond donors (Lipinski definition) is 0. The van der Waals surface area contributed by atoms with Gasteiger partial charge in [-0.2, -0.15) is 0 Å². The first kappa shape index (κ1) is 15.8. The summed E-state index contributed by atoms with van der Waals surface area (Å²) in [4.78, 5) is 15.0. The van der Waals surface area contributed by atoms with Gasteiger partial charge in [0.2, 0.25) is 0 Å². The van der Waals surface area contributed by atoms with Crippen LogP contribution in [0.25, 0.3) is 0 Å². The number of Topliss-reactive ketones (excluding diaryl/α,β-unsaturated/α-hetero) is 1. The third-order valence-corrected chi connectivity index (χ3v) is 3.79. The molecule has 0 bridgehead atoms. The molecule has 1 aliphatic heterocycles. The molecule has 21 heavy (non-hydrogen) atoms. The Bertz CT molecular complexity index is 501. The van der Waals surface area contributed by atoms with Crippen LogP contribution in [-0.2, 0) is 4.74 Å². The molecule has 0 N–H and O–H groups in total. The predicted octanol–water partition coefficient (Wildman–Crippen LogP) is 2.00. The van der Waals surface area contributed by atoms with Gasteiger partial charge in [-0.25, -0.2) is 0 Å². The fraction of sp³-hybridized carbons (Fsp3) is 0.562. The van der Waals surface area contributed by atoms with Crippen molar-refractivity contribution in [1.82, 2.24) is 4.90 Å². The van der Waals surface area contributed by atoms with E-state index >= 15 is 0 Å². The first-order valence-corrected chi connectivity index (χ1v) is 7.18. The molecule has 1 aromatic rings. The molecule has 0 saturated carbocycles. The maximum absolute atomic E-state index is 12.7. The number of nitrogens with zero attached hydrogens (tertiary/aromatic N) is 1. The van der Waals surface area contributed by atoms with Gasteiger partial charge in [0.25, 0.3) is 0 Å². The van der Waals surface area contributed by atoms with E-state index in [1.807, 2.05) is 0 Å². The summed E-state index contributed by atoms with van der Waals surface area (Å²) < 4.78 is 16.1. The Hall–Kier alpha value is -1.59. The molecule has 5 nitrogen and oxygen atoms in total. The number of morpholine rings is 1. The van der Waals surface area contributed by atoms with Crippen LogP contribution in [0.2, 0.25) is 0 Å². The second-order valence-electron chi connectivity index (χ2n) is 5.38. The second-order valence-corrected chi connectivity index (χ2v) is 5.38. The summed E-state index contributed by atoms with van der Waals surface area (Å²) >= 11 is 0. The molecule has 1 unspecified atom stereocenters. The molecule has 1 saturated heterocycles. The maximum atomic E-state index is 12.7. The van der Waals surface area contributed by atoms with Crippen LogP contribution in [0.3, 0.4) is 0 Å². The van der Waals surface area contributed by atoms with Gasteiger partial charge in [0.05, 0.1) is 26.4 Å². The fourth-order valence-electron chi connectivity index (χ4n) is 2.48. The quantitative estimate of drug-likeness (QED) is 0.777. The second kappa shape index (κ2) is 6.91. The van der Waals surface area contributed by atoms with Crippen molar-refractivity contribution in [3.63, 3.8) is 0 Å². The van der Waals surface area contributed by atoms with Crippen molar-refractivity contribution < 1.29 is 19.0 Å². The van der Waals surface area contributed by atoms with Crippen LogP contribution < -0.4 is 9.47 Å². The van der Waals surface area contributed by atoms with Crippen LogP contribution in [0.4, 0.5) is 0 Å². The summed E-state index contributed by atoms with van der Waals surface area (Å²) in [7, 11) is 3.13. The smallest absolute Gasteiger partial charge is 0.196 e. The van der Waals surface area contributed by atoms with E-state index in [1.165, 1.54) is 0 Å². The number of hydrogen-bond acceptors (Lipinski definition) is 5. The Balaban J connectivity index is 2.22. The monoisotopic (exact) mass is 293 g/mol. The predicted molar refractivity (Wildman–Crippen MR) is 80.3 cm³/mol. The molecule has 1 atom stereocenters. The van der Waals surface area contributed by atoms with Gasteiger partial charge in [0.1, 0.15) is 17.6 Å². The van der Waals surface area contributed by atoms with E-state index in [0.717, 1.165) is 6.54 Å². The van der Waals surface area contributed by atoms with E-state index < -0.39 is 6.10 Å². The summed E-state index contributed by atoms with van der Waals surface area (Å²) in [5.41, 5.74) is 0.507. The van der Waals surface area contributed by atoms with Crippen molar-refractivity contribution in [3.05, 3.63) is 23.8 Å². The normalized spacial score (nSPS) is 19.6. The fourth-order valence-corrected chi connectivity index (χ4v) is 2.48. The summed E-state index contributed by atoms with van der Waals surface area (Å²) in [6, 6.07) is 5.63. The third kappa shape index (κ3) is 3.54. The van der Waals surface area contributed by atoms with Gasteiger partial charge in [0, 0.05) is 19.1 Å². The average molecular weight is 293 g/mol. The molecule has 1 aromatic carbocycles. The van der Waals surface area contributed by atoms with E-state index in [0.29, 0.717) is 36.3 Å². The standard InChI is InChI=1S/C16H23NO4/c1-11(2)17-7-8-21-15(10-17)16(18)13-9-12(19-3)5-6-14(13)20-4/h5-6,9,11,15H,7-8,10H2,1-4H3. The van der Waals surface area contributed by atoms with E-state index in [4.69, 9.17) is 14.2 Å². The van der Waals surface area contributed by atoms with Crippen molar-refractivity contribution in [2.45, 2.75) is 26.0 Å². The number of methoxy groups -OCH3 is 2. The summed E-state index contributed by atoms with van der Waals surface area (Å²) in [5, 5.41) is 0. The molecule has 0 amide bonds. The lowest BCUT2D eigenvalue weighted by atomic mass is 10.0. The minimum absolute atomic E-state index is 0.0592. The van der Waals surface area contributed by atoms with E-state index in [2.05, 4.69) is 18.7 Å². The van der Waals surface area contributed by atoms with Crippen LogP contribution in [0, 0.1) is 0 Å². The first-order valence-electron chi connectivity index (χ1n) is 7.18. The highest BCUT2D eigenvalue weighted by Crippen LogP contribution is 2.26. The number of ketones is 1. The molecule has 1 aliphatic rings. The summed E-state index contributed by atoms with van der Waals surface area (Å²) in [6.07, 6.45) is -0.456. The third-order valence-electron chi connectivity index (χ3n) is 3.79. The number of ether oxygens (including phenoxy) is 3. The molecule has 2 rings (SSSR count). The summed E-state index contributed by atoms with van der Waals surface area (Å²) in [5.74, 6) is 1.12. The van der Waals surface area contributed by atoms with Gasteiger partial charge in [-0.15, -0.1) is 0 Å². The molecule has 0 spiro atoms. The SMILES string of the molecule is COc1ccc(OC)c(C(=O)C2CN(C(C)C)CCO2)c1. The van der Waals surface area contributed by atoms with Gasteiger partial charge in [0.15, 0.2) is 5.78 Å². The number of carbonyl (C=O) groups is 1. The lowest BCUT2D eigenvalue weighted by Crippen LogP contribution is -2.48. The van der Waals surface area contributed by atoms with Crippen molar-refractivity contribution in [2.24, 2.45) is 0 Å². The summed E-state index contributed by atoms with van der Waals surface area (Å²) in [6.45, 7) is 6.28. The van der Waals surface area contributed by atoms with Crippen LogP contribution >= 0.6 is 0 Å². The van der Waals surface area contributed by atoms with Gasteiger partial charge in [-0.1, -0.05) is 0 Å². The van der Waals surface area contributed by atoms with Gasteiger partial charge in [-0.05, 0) is 32.0 Å². The minimum atomic E-state index is -0.456. The Kier molecular flexibility index (Phi) is 5.20. The van der Waals surface area contributed by atoms with Crippen molar-refractivity contribution in [2.75, 3.05) is 33.9 Å². The molecule has 1 heterocycles. The van der Waals surface area contributed by atoms with Gasteiger partial charge in [-0.3, -0.25) is 9.69 Å². The topological polar surface area (TPSA) is 48.0 Å². The molecular formula is C16H23NO4. The first-order chi connectivity index (χ1) is 10.1. The molecule has 0 radical (unpaired) electrons. The zero-order chi connectivity index (χ0) is 15.4. The van der Waals surface area contributed by atoms with E-state index in [-0.39, 0.29) is 5.78 Å². The number of benzene rings is 1. The zero-order valence-electron chi connectivity index (χ0n) is 13.1. The van der Waals surface area contributed by atoms with Gasteiger partial charge < -0.3 is 14.2 Å². The van der Waals surface area contributed by atoms with Crippen molar-refractivity contribution in [3.8, 4) is 11.5 Å². The van der Waals surface area contributed by atoms with Crippen LogP contribution in [-0.4, -0.2) is 56.7 Å². The van der Waals surface area contributed by atoms with Crippen LogP contribution in [0.5, 0.6) is 11.5 Å². The Labute approximate surface area is 125 Å². The highest BCUT2D eigenvalue weighted by molar-refractivity contribution is 6.02. The largest absolute Gasteiger partial charge is 0.497 e. The molecule has 5 heteroatoms. The molecule has 0 aliphatic carbocycles. The highest BCUT2D eigenvalue weighted by atomic mass is 16.5. The average Bonchev–Trinajstić information content (AvgIpc) is 2.53. The molecule has 0 aromatic heterocycles. The minimum Gasteiger partial charge on any atom is -0.497 e. The van der Waals surface area contributed by atoms with Crippen LogP contribution in [0.15, 0.2) is 18.2 Å². The van der Waals surface area contributed by atoms with E-state index in [1.54, 1.807) is 32.4 Å². The Morgan fingerprint density at radius 3 is 2.71 bits per heavy atom. The van der Waals surface area contributed by atoms with Crippen molar-refractivity contribution >= 4 is 5.78 Å². The number of carbonyl (C=O) groups excluding carboxylic acids is 1. The lowest BCUT2D eigenvalue weighted by molar-refractivity contribution is -0.0257. The van der Waals surface area contributed by atoms with Crippen molar-refractivity contribution in [1.29, 1.82) is 0 Å². The van der Waals surface area contributed by atoms with Gasteiger partial charge >= 0.3 is 0 Å². The molecule has 116 valence electrons. The zero-order valence-corrected chi connectivity index (χ0v) is 13.1. The number of rotatable bonds is 5. The molecular weight excluding hydrogens is 270 g/mol. The molecule has 1 fully saturated rings. The van der Waals surface area contributed by atoms with Crippen LogP contribution in [0.1, 0.15) is 24.2 Å². The van der Waals surface area contributed by atoms with E-state index in [9.17, 15) is 4.79 Å². The Morgan fingerprint density at radius 1 is 1.33 bits per heavy atom. The highest BCUT2D eigenvalue weighted by Gasteiger charge is 2.30. The maximum Gasteiger partial charge on any atom is 0.196 e. The Morgan fingerprint density at radius 2 is 2.10 bits per heavy atom. The lowest BCUT2D eigenvalue weighted by Gasteiger charge is -2.34.